The second-order valence-electron chi connectivity index (χ2n) is 6.44. The molecule has 0 saturated carbocycles. The minimum Gasteiger partial charge on any atom is -0.364 e. The van der Waals surface area contributed by atoms with Crippen molar-refractivity contribution in [3.8, 4) is 0 Å². The Hall–Kier alpha value is -2.84. The predicted octanol–water partition coefficient (Wildman–Crippen LogP) is 1.75. The lowest BCUT2D eigenvalue weighted by molar-refractivity contribution is 0.0627. The van der Waals surface area contributed by atoms with Crippen LogP contribution in [0.2, 0.25) is 0 Å². The molecule has 1 aliphatic heterocycles. The molecule has 0 radical (unpaired) electrons. The largest absolute Gasteiger partial charge is 0.364 e. The van der Waals surface area contributed by atoms with Gasteiger partial charge in [-0.25, -0.2) is 4.98 Å². The molecular weight excluding hydrogens is 362 g/mol. The SMILES string of the molecule is NC(=O)c1ccc(C(=O)N2CCN(Cc3nc4ccccc4s3)CC2)cn1. The first-order chi connectivity index (χ1) is 13.1. The first-order valence-electron chi connectivity index (χ1n) is 8.72. The number of amides is 2. The van der Waals surface area contributed by atoms with Crippen LogP contribution in [-0.4, -0.2) is 57.8 Å². The Morgan fingerprint density at radius 1 is 1.07 bits per heavy atom. The van der Waals surface area contributed by atoms with Crippen LogP contribution in [0.15, 0.2) is 42.6 Å². The molecule has 2 aromatic heterocycles. The fourth-order valence-electron chi connectivity index (χ4n) is 3.14. The van der Waals surface area contributed by atoms with Crippen molar-refractivity contribution >= 4 is 33.4 Å². The highest BCUT2D eigenvalue weighted by Crippen LogP contribution is 2.23. The van der Waals surface area contributed by atoms with Crippen LogP contribution in [0.1, 0.15) is 25.9 Å². The molecular formula is C19H19N5O2S. The minimum absolute atomic E-state index is 0.0712. The van der Waals surface area contributed by atoms with E-state index < -0.39 is 5.91 Å². The van der Waals surface area contributed by atoms with Crippen molar-refractivity contribution in [2.45, 2.75) is 6.54 Å². The Morgan fingerprint density at radius 2 is 1.85 bits per heavy atom. The van der Waals surface area contributed by atoms with E-state index in [2.05, 4.69) is 20.9 Å². The number of piperazine rings is 1. The summed E-state index contributed by atoms with van der Waals surface area (Å²) in [5.74, 6) is -0.671. The number of aromatic nitrogens is 2. The van der Waals surface area contributed by atoms with E-state index in [4.69, 9.17) is 5.73 Å². The summed E-state index contributed by atoms with van der Waals surface area (Å²) in [5, 5.41) is 1.10. The van der Waals surface area contributed by atoms with Crippen LogP contribution in [0.25, 0.3) is 10.2 Å². The third-order valence-electron chi connectivity index (χ3n) is 4.62. The van der Waals surface area contributed by atoms with Gasteiger partial charge in [0.05, 0.1) is 22.3 Å². The van der Waals surface area contributed by atoms with Crippen LogP contribution in [0, 0.1) is 0 Å². The molecule has 3 aromatic rings. The van der Waals surface area contributed by atoms with Gasteiger partial charge in [-0.05, 0) is 24.3 Å². The maximum atomic E-state index is 12.6. The standard InChI is InChI=1S/C19H19N5O2S/c20-18(25)15-6-5-13(11-21-15)19(26)24-9-7-23(8-10-24)12-17-22-14-3-1-2-4-16(14)27-17/h1-6,11H,7-10,12H2,(H2,20,25). The highest BCUT2D eigenvalue weighted by Gasteiger charge is 2.23. The number of hydrogen-bond donors (Lipinski definition) is 1. The Kier molecular flexibility index (Phi) is 4.83. The fourth-order valence-corrected chi connectivity index (χ4v) is 4.15. The molecule has 0 atom stereocenters. The Labute approximate surface area is 160 Å². The molecule has 0 aliphatic carbocycles. The van der Waals surface area contributed by atoms with E-state index in [1.165, 1.54) is 17.0 Å². The lowest BCUT2D eigenvalue weighted by Crippen LogP contribution is -2.48. The Bertz CT molecular complexity index is 944. The topological polar surface area (TPSA) is 92.4 Å². The van der Waals surface area contributed by atoms with Gasteiger partial charge < -0.3 is 10.6 Å². The van der Waals surface area contributed by atoms with E-state index in [0.717, 1.165) is 30.2 Å². The quantitative estimate of drug-likeness (QED) is 0.743. The van der Waals surface area contributed by atoms with Crippen LogP contribution in [-0.2, 0) is 6.54 Å². The number of nitrogens with two attached hydrogens (primary N) is 1. The number of para-hydroxylation sites is 1. The fraction of sp³-hybridized carbons (Fsp3) is 0.263. The number of hydrogen-bond acceptors (Lipinski definition) is 6. The molecule has 0 bridgehead atoms. The summed E-state index contributed by atoms with van der Waals surface area (Å²) in [7, 11) is 0. The second-order valence-corrected chi connectivity index (χ2v) is 7.56. The summed E-state index contributed by atoms with van der Waals surface area (Å²) < 4.78 is 1.20. The van der Waals surface area contributed by atoms with Gasteiger partial charge in [0, 0.05) is 32.4 Å². The predicted molar refractivity (Wildman–Crippen MR) is 104 cm³/mol. The summed E-state index contributed by atoms with van der Waals surface area (Å²) in [6, 6.07) is 11.2. The zero-order valence-corrected chi connectivity index (χ0v) is 15.5. The van der Waals surface area contributed by atoms with Crippen molar-refractivity contribution in [2.75, 3.05) is 26.2 Å². The van der Waals surface area contributed by atoms with Gasteiger partial charge >= 0.3 is 0 Å². The Balaban J connectivity index is 1.35. The van der Waals surface area contributed by atoms with Crippen molar-refractivity contribution in [3.05, 3.63) is 58.9 Å². The molecule has 4 rings (SSSR count). The molecule has 7 nitrogen and oxygen atoms in total. The minimum atomic E-state index is -0.600. The van der Waals surface area contributed by atoms with Gasteiger partial charge in [0.1, 0.15) is 10.7 Å². The number of carbonyl (C=O) groups excluding carboxylic acids is 2. The average Bonchev–Trinajstić information content (AvgIpc) is 3.10. The van der Waals surface area contributed by atoms with E-state index in [-0.39, 0.29) is 11.6 Å². The van der Waals surface area contributed by atoms with Crippen LogP contribution in [0.5, 0.6) is 0 Å². The van der Waals surface area contributed by atoms with Crippen LogP contribution in [0.3, 0.4) is 0 Å². The second kappa shape index (κ2) is 7.42. The lowest BCUT2D eigenvalue weighted by Gasteiger charge is -2.34. The van der Waals surface area contributed by atoms with Crippen LogP contribution in [0.4, 0.5) is 0 Å². The van der Waals surface area contributed by atoms with Crippen molar-refractivity contribution in [3.63, 3.8) is 0 Å². The van der Waals surface area contributed by atoms with Gasteiger partial charge in [0.2, 0.25) is 0 Å². The molecule has 0 unspecified atom stereocenters. The maximum absolute atomic E-state index is 12.6. The number of pyridine rings is 1. The van der Waals surface area contributed by atoms with Gasteiger partial charge in [0.15, 0.2) is 0 Å². The highest BCUT2D eigenvalue weighted by atomic mass is 32.1. The van der Waals surface area contributed by atoms with Gasteiger partial charge in [0.25, 0.3) is 11.8 Å². The van der Waals surface area contributed by atoms with E-state index in [0.29, 0.717) is 18.7 Å². The van der Waals surface area contributed by atoms with Crippen molar-refractivity contribution in [2.24, 2.45) is 5.73 Å². The molecule has 2 amide bonds. The third-order valence-corrected chi connectivity index (χ3v) is 5.64. The number of thiazole rings is 1. The molecule has 8 heteroatoms. The highest BCUT2D eigenvalue weighted by molar-refractivity contribution is 7.18. The summed E-state index contributed by atoms with van der Waals surface area (Å²) in [5.41, 5.74) is 6.85. The monoisotopic (exact) mass is 381 g/mol. The zero-order chi connectivity index (χ0) is 18.8. The van der Waals surface area contributed by atoms with Crippen LogP contribution < -0.4 is 5.73 Å². The number of benzene rings is 1. The van der Waals surface area contributed by atoms with E-state index in [1.807, 2.05) is 23.1 Å². The molecule has 1 saturated heterocycles. The zero-order valence-electron chi connectivity index (χ0n) is 14.7. The summed E-state index contributed by atoms with van der Waals surface area (Å²) in [6.45, 7) is 3.71. The average molecular weight is 381 g/mol. The molecule has 1 fully saturated rings. The maximum Gasteiger partial charge on any atom is 0.267 e. The molecule has 1 aromatic carbocycles. The first-order valence-corrected chi connectivity index (χ1v) is 9.54. The van der Waals surface area contributed by atoms with Gasteiger partial charge in [-0.2, -0.15) is 0 Å². The summed E-state index contributed by atoms with van der Waals surface area (Å²) in [4.78, 5) is 36.4. The molecule has 0 spiro atoms. The van der Waals surface area contributed by atoms with Crippen molar-refractivity contribution in [1.82, 2.24) is 19.8 Å². The van der Waals surface area contributed by atoms with E-state index in [9.17, 15) is 9.59 Å². The summed E-state index contributed by atoms with van der Waals surface area (Å²) >= 11 is 1.72. The first kappa shape index (κ1) is 17.6. The number of nitrogens with zero attached hydrogens (tertiary/aromatic N) is 4. The van der Waals surface area contributed by atoms with Crippen molar-refractivity contribution in [1.29, 1.82) is 0 Å². The molecule has 1 aliphatic rings. The molecule has 138 valence electrons. The van der Waals surface area contributed by atoms with Crippen molar-refractivity contribution < 1.29 is 9.59 Å². The van der Waals surface area contributed by atoms with Gasteiger partial charge in [-0.1, -0.05) is 12.1 Å². The lowest BCUT2D eigenvalue weighted by atomic mass is 10.2. The number of primary amides is 1. The number of fused-ring (bicyclic) bond motifs is 1. The molecule has 3 heterocycles. The smallest absolute Gasteiger partial charge is 0.267 e. The molecule has 2 N–H and O–H groups in total. The van der Waals surface area contributed by atoms with Gasteiger partial charge in [-0.3, -0.25) is 19.5 Å². The Morgan fingerprint density at radius 3 is 2.52 bits per heavy atom. The normalized spacial score (nSPS) is 15.2. The number of rotatable bonds is 4. The number of carbonyl (C=O) groups is 2. The molecule has 27 heavy (non-hydrogen) atoms. The third kappa shape index (κ3) is 3.81. The van der Waals surface area contributed by atoms with Crippen LogP contribution >= 0.6 is 11.3 Å². The van der Waals surface area contributed by atoms with E-state index in [1.54, 1.807) is 17.4 Å². The summed E-state index contributed by atoms with van der Waals surface area (Å²) in [6.07, 6.45) is 1.41. The van der Waals surface area contributed by atoms with Gasteiger partial charge in [-0.15, -0.1) is 11.3 Å². The van der Waals surface area contributed by atoms with E-state index >= 15 is 0 Å².